The number of ether oxygens (including phenoxy) is 2. The summed E-state index contributed by atoms with van der Waals surface area (Å²) in [6, 6.07) is 6.74. The summed E-state index contributed by atoms with van der Waals surface area (Å²) >= 11 is 0. The number of aryl methyl sites for hydroxylation is 1. The average molecular weight is 470 g/mol. The number of fused-ring (bicyclic) bond motifs is 2. The van der Waals surface area contributed by atoms with Crippen molar-refractivity contribution in [2.45, 2.75) is 24.4 Å². The van der Waals surface area contributed by atoms with Gasteiger partial charge in [-0.15, -0.1) is 10.2 Å². The van der Waals surface area contributed by atoms with E-state index in [0.29, 0.717) is 31.2 Å². The van der Waals surface area contributed by atoms with E-state index in [1.165, 1.54) is 7.11 Å². The van der Waals surface area contributed by atoms with Crippen molar-refractivity contribution in [1.82, 2.24) is 34.5 Å². The largest absolute Gasteiger partial charge is 0.479 e. The van der Waals surface area contributed by atoms with Gasteiger partial charge in [0.1, 0.15) is 11.0 Å². The van der Waals surface area contributed by atoms with Gasteiger partial charge in [-0.1, -0.05) is 11.3 Å². The van der Waals surface area contributed by atoms with Crippen LogP contribution >= 0.6 is 0 Å². The second kappa shape index (κ2) is 7.84. The molecule has 2 saturated heterocycles. The number of hydrogen-bond donors (Lipinski definition) is 1. The van der Waals surface area contributed by atoms with Gasteiger partial charge in [-0.2, -0.15) is 4.98 Å². The predicted octanol–water partition coefficient (Wildman–Crippen LogP) is 2.21. The number of benzene rings is 1. The van der Waals surface area contributed by atoms with E-state index in [1.807, 2.05) is 31.3 Å². The van der Waals surface area contributed by atoms with Crippen molar-refractivity contribution in [2.24, 2.45) is 7.05 Å². The molecular weight excluding hydrogens is 446 g/mol. The van der Waals surface area contributed by atoms with Gasteiger partial charge in [0, 0.05) is 25.4 Å². The Hall–Kier alpha value is -3.38. The van der Waals surface area contributed by atoms with Gasteiger partial charge in [-0.05, 0) is 30.2 Å². The zero-order valence-corrected chi connectivity index (χ0v) is 18.8. The number of piperidine rings is 1. The van der Waals surface area contributed by atoms with E-state index in [0.717, 1.165) is 22.2 Å². The van der Waals surface area contributed by atoms with E-state index in [2.05, 4.69) is 25.7 Å². The van der Waals surface area contributed by atoms with Crippen LogP contribution in [0.25, 0.3) is 27.7 Å². The molecule has 5 heterocycles. The van der Waals surface area contributed by atoms with E-state index in [4.69, 9.17) is 9.47 Å². The summed E-state index contributed by atoms with van der Waals surface area (Å²) < 4.78 is 43.9. The number of likely N-dealkylation sites (tertiary alicyclic amines) is 1. The Morgan fingerprint density at radius 1 is 1.24 bits per heavy atom. The summed E-state index contributed by atoms with van der Waals surface area (Å²) in [6.45, 7) is 1.30. The molecule has 10 nitrogen and oxygen atoms in total. The lowest BCUT2D eigenvalue weighted by Crippen LogP contribution is -2.61. The first-order valence-electron chi connectivity index (χ1n) is 11.1. The molecule has 1 atom stereocenters. The molecule has 0 bridgehead atoms. The molecule has 6 rings (SSSR count). The van der Waals surface area contributed by atoms with Crippen LogP contribution in [0.5, 0.6) is 5.88 Å². The van der Waals surface area contributed by atoms with Gasteiger partial charge < -0.3 is 14.8 Å². The van der Waals surface area contributed by atoms with Crippen molar-refractivity contribution < 1.29 is 18.3 Å². The lowest BCUT2D eigenvalue weighted by molar-refractivity contribution is -0.131. The SMILES string of the molecule is COc1nc(NC2CCN(C3COC3)CC2(F)F)nn2ccc(-c3ccc4nnn(C)c4c3)c12. The highest BCUT2D eigenvalue weighted by Crippen LogP contribution is 2.35. The second-order valence-electron chi connectivity index (χ2n) is 8.79. The van der Waals surface area contributed by atoms with E-state index in [-0.39, 0.29) is 25.0 Å². The van der Waals surface area contributed by atoms with Crippen LogP contribution in [-0.2, 0) is 11.8 Å². The Labute approximate surface area is 193 Å². The molecular formula is C22H24F2N8O2. The molecule has 1 unspecified atom stereocenters. The van der Waals surface area contributed by atoms with E-state index in [1.54, 1.807) is 20.3 Å². The summed E-state index contributed by atoms with van der Waals surface area (Å²) in [6.07, 6.45) is 2.05. The maximum absolute atomic E-state index is 14.9. The number of methoxy groups -OCH3 is 1. The van der Waals surface area contributed by atoms with Gasteiger partial charge in [0.25, 0.3) is 5.92 Å². The molecule has 2 aliphatic heterocycles. The van der Waals surface area contributed by atoms with Crippen molar-refractivity contribution in [3.8, 4) is 17.0 Å². The van der Waals surface area contributed by atoms with Crippen LogP contribution in [0, 0.1) is 0 Å². The molecule has 0 radical (unpaired) electrons. The third-order valence-corrected chi connectivity index (χ3v) is 6.66. The van der Waals surface area contributed by atoms with Crippen LogP contribution in [0.15, 0.2) is 30.5 Å². The van der Waals surface area contributed by atoms with Crippen molar-refractivity contribution in [3.63, 3.8) is 0 Å². The van der Waals surface area contributed by atoms with Gasteiger partial charge in [-0.3, -0.25) is 4.90 Å². The summed E-state index contributed by atoms with van der Waals surface area (Å²) in [4.78, 5) is 6.23. The van der Waals surface area contributed by atoms with E-state index < -0.39 is 12.0 Å². The van der Waals surface area contributed by atoms with Crippen molar-refractivity contribution in [3.05, 3.63) is 30.5 Å². The molecule has 178 valence electrons. The molecule has 2 fully saturated rings. The molecule has 12 heteroatoms. The first-order valence-corrected chi connectivity index (χ1v) is 11.1. The predicted molar refractivity (Wildman–Crippen MR) is 120 cm³/mol. The van der Waals surface area contributed by atoms with Crippen LogP contribution in [0.4, 0.5) is 14.7 Å². The Balaban J connectivity index is 1.31. The van der Waals surface area contributed by atoms with Crippen LogP contribution in [0.1, 0.15) is 6.42 Å². The molecule has 3 aromatic heterocycles. The fourth-order valence-electron chi connectivity index (χ4n) is 4.67. The molecule has 34 heavy (non-hydrogen) atoms. The number of alkyl halides is 2. The molecule has 0 saturated carbocycles. The number of nitrogens with zero attached hydrogens (tertiary/aromatic N) is 7. The highest BCUT2D eigenvalue weighted by atomic mass is 19.3. The fraction of sp³-hybridized carbons (Fsp3) is 0.455. The number of aromatic nitrogens is 6. The first kappa shape index (κ1) is 21.2. The fourth-order valence-corrected chi connectivity index (χ4v) is 4.67. The molecule has 1 N–H and O–H groups in total. The first-order chi connectivity index (χ1) is 16.4. The maximum Gasteiger partial charge on any atom is 0.280 e. The van der Waals surface area contributed by atoms with Crippen LogP contribution in [0.3, 0.4) is 0 Å². The number of anilines is 1. The molecule has 4 aromatic rings. The Kier molecular flexibility index (Phi) is 4.88. The quantitative estimate of drug-likeness (QED) is 0.475. The third kappa shape index (κ3) is 3.44. The van der Waals surface area contributed by atoms with Crippen molar-refractivity contribution >= 4 is 22.5 Å². The van der Waals surface area contributed by atoms with Crippen LogP contribution in [-0.4, -0.2) is 85.9 Å². The normalized spacial score (nSPS) is 21.1. The number of rotatable bonds is 5. The second-order valence-corrected chi connectivity index (χ2v) is 8.79. The average Bonchev–Trinajstić information content (AvgIpc) is 3.37. The standard InChI is InChI=1S/C22H24F2N8O2/c1-30-17-9-13(3-4-16(17)27-29-30)15-5-8-32-19(15)20(33-2)26-21(28-32)25-18-6-7-31(12-22(18,23)24)14-10-34-11-14/h3-5,8-9,14,18H,6-7,10-12H2,1-2H3,(H,25,28). The van der Waals surface area contributed by atoms with Gasteiger partial charge in [0.15, 0.2) is 0 Å². The molecule has 0 spiro atoms. The highest BCUT2D eigenvalue weighted by Gasteiger charge is 2.47. The van der Waals surface area contributed by atoms with Crippen molar-refractivity contribution in [1.29, 1.82) is 0 Å². The molecule has 2 aliphatic rings. The van der Waals surface area contributed by atoms with Gasteiger partial charge in [-0.25, -0.2) is 18.0 Å². The molecule has 0 amide bonds. The maximum atomic E-state index is 14.9. The summed E-state index contributed by atoms with van der Waals surface area (Å²) in [5.41, 5.74) is 4.10. The van der Waals surface area contributed by atoms with Gasteiger partial charge >= 0.3 is 0 Å². The molecule has 0 aliphatic carbocycles. The number of halogens is 2. The number of hydrogen-bond acceptors (Lipinski definition) is 8. The van der Waals surface area contributed by atoms with Crippen molar-refractivity contribution in [2.75, 3.05) is 38.7 Å². The lowest BCUT2D eigenvalue weighted by atomic mass is 9.98. The van der Waals surface area contributed by atoms with Crippen LogP contribution < -0.4 is 10.1 Å². The Morgan fingerprint density at radius 3 is 2.82 bits per heavy atom. The zero-order chi connectivity index (χ0) is 23.4. The minimum atomic E-state index is -2.92. The summed E-state index contributed by atoms with van der Waals surface area (Å²) in [5, 5.41) is 15.5. The Morgan fingerprint density at radius 2 is 2.09 bits per heavy atom. The smallest absolute Gasteiger partial charge is 0.280 e. The van der Waals surface area contributed by atoms with E-state index in [9.17, 15) is 8.78 Å². The minimum Gasteiger partial charge on any atom is -0.479 e. The van der Waals surface area contributed by atoms with E-state index >= 15 is 0 Å². The topological polar surface area (TPSA) is 94.6 Å². The Bertz CT molecular complexity index is 1370. The number of nitrogens with one attached hydrogen (secondary N) is 1. The minimum absolute atomic E-state index is 0.0826. The third-order valence-electron chi connectivity index (χ3n) is 6.66. The highest BCUT2D eigenvalue weighted by molar-refractivity contribution is 5.89. The lowest BCUT2D eigenvalue weighted by Gasteiger charge is -2.44. The summed E-state index contributed by atoms with van der Waals surface area (Å²) in [5.74, 6) is -2.52. The summed E-state index contributed by atoms with van der Waals surface area (Å²) in [7, 11) is 3.34. The van der Waals surface area contributed by atoms with Gasteiger partial charge in [0.2, 0.25) is 11.8 Å². The molecule has 1 aromatic carbocycles. The van der Waals surface area contributed by atoms with Crippen LogP contribution in [0.2, 0.25) is 0 Å². The monoisotopic (exact) mass is 470 g/mol. The zero-order valence-electron chi connectivity index (χ0n) is 18.8. The van der Waals surface area contributed by atoms with Gasteiger partial charge in [0.05, 0.1) is 44.5 Å².